The first kappa shape index (κ1) is 9.04. The van der Waals surface area contributed by atoms with Crippen molar-refractivity contribution >= 4 is 11.6 Å². The van der Waals surface area contributed by atoms with Crippen molar-refractivity contribution in [2.45, 2.75) is 18.8 Å². The van der Waals surface area contributed by atoms with Crippen molar-refractivity contribution in [1.82, 2.24) is 0 Å². The molecule has 70 valence electrons. The molecular formula is C11H13ClO. The number of hydrogen-bond acceptors (Lipinski definition) is 1. The molecular weight excluding hydrogens is 184 g/mol. The third-order valence-corrected chi connectivity index (χ3v) is 2.75. The number of halogens is 1. The zero-order valence-corrected chi connectivity index (χ0v) is 8.26. The lowest BCUT2D eigenvalue weighted by molar-refractivity contribution is 0.0804. The Hall–Kier alpha value is -0.530. The van der Waals surface area contributed by atoms with Crippen LogP contribution in [0, 0.1) is 0 Å². The first-order valence-corrected chi connectivity index (χ1v) is 5.07. The van der Waals surface area contributed by atoms with Gasteiger partial charge in [0, 0.05) is 17.5 Å². The SMILES string of the molecule is Clc1ccc([C@H]2CCCOC2)cc1. The predicted octanol–water partition coefficient (Wildman–Crippen LogP) is 3.23. The van der Waals surface area contributed by atoms with Gasteiger partial charge in [0.25, 0.3) is 0 Å². The summed E-state index contributed by atoms with van der Waals surface area (Å²) in [6.45, 7) is 1.78. The van der Waals surface area contributed by atoms with Gasteiger partial charge in [0.1, 0.15) is 0 Å². The molecule has 1 atom stereocenters. The number of rotatable bonds is 1. The van der Waals surface area contributed by atoms with E-state index in [1.54, 1.807) is 0 Å². The van der Waals surface area contributed by atoms with E-state index in [0.717, 1.165) is 18.2 Å². The van der Waals surface area contributed by atoms with Crippen molar-refractivity contribution in [2.24, 2.45) is 0 Å². The Morgan fingerprint density at radius 1 is 1.23 bits per heavy atom. The van der Waals surface area contributed by atoms with E-state index in [2.05, 4.69) is 12.1 Å². The van der Waals surface area contributed by atoms with Gasteiger partial charge in [0.15, 0.2) is 0 Å². The Kier molecular flexibility index (Phi) is 2.87. The molecule has 13 heavy (non-hydrogen) atoms. The highest BCUT2D eigenvalue weighted by Gasteiger charge is 2.15. The first-order valence-electron chi connectivity index (χ1n) is 4.69. The van der Waals surface area contributed by atoms with Crippen LogP contribution in [0.5, 0.6) is 0 Å². The highest BCUT2D eigenvalue weighted by molar-refractivity contribution is 6.30. The highest BCUT2D eigenvalue weighted by atomic mass is 35.5. The molecule has 0 spiro atoms. The predicted molar refractivity (Wildman–Crippen MR) is 54.2 cm³/mol. The molecule has 0 bridgehead atoms. The summed E-state index contributed by atoms with van der Waals surface area (Å²) < 4.78 is 5.43. The molecule has 1 aromatic rings. The van der Waals surface area contributed by atoms with Gasteiger partial charge < -0.3 is 4.74 Å². The molecule has 2 heteroatoms. The minimum absolute atomic E-state index is 0.575. The van der Waals surface area contributed by atoms with Crippen LogP contribution in [0.15, 0.2) is 24.3 Å². The highest BCUT2D eigenvalue weighted by Crippen LogP contribution is 2.26. The van der Waals surface area contributed by atoms with Crippen LogP contribution >= 0.6 is 11.6 Å². The third-order valence-electron chi connectivity index (χ3n) is 2.50. The second-order valence-corrected chi connectivity index (χ2v) is 3.90. The monoisotopic (exact) mass is 196 g/mol. The second-order valence-electron chi connectivity index (χ2n) is 3.47. The third kappa shape index (κ3) is 2.23. The maximum absolute atomic E-state index is 5.82. The van der Waals surface area contributed by atoms with Gasteiger partial charge in [-0.3, -0.25) is 0 Å². The summed E-state index contributed by atoms with van der Waals surface area (Å²) in [5.41, 5.74) is 1.35. The van der Waals surface area contributed by atoms with Crippen LogP contribution in [0.25, 0.3) is 0 Å². The standard InChI is InChI=1S/C11H13ClO/c12-11-5-3-9(4-6-11)10-2-1-7-13-8-10/h3-6,10H,1-2,7-8H2/t10-/m0/s1. The molecule has 0 aromatic heterocycles. The van der Waals surface area contributed by atoms with Crippen LogP contribution in [0.1, 0.15) is 24.3 Å². The molecule has 0 unspecified atom stereocenters. The summed E-state index contributed by atoms with van der Waals surface area (Å²) in [5, 5.41) is 0.806. The molecule has 1 fully saturated rings. The molecule has 2 rings (SSSR count). The van der Waals surface area contributed by atoms with E-state index in [9.17, 15) is 0 Å². The largest absolute Gasteiger partial charge is 0.381 e. The summed E-state index contributed by atoms with van der Waals surface area (Å²) in [6, 6.07) is 8.10. The number of hydrogen-bond donors (Lipinski definition) is 0. The van der Waals surface area contributed by atoms with E-state index in [1.165, 1.54) is 18.4 Å². The van der Waals surface area contributed by atoms with E-state index >= 15 is 0 Å². The lowest BCUT2D eigenvalue weighted by Gasteiger charge is -2.22. The van der Waals surface area contributed by atoms with Crippen molar-refractivity contribution in [1.29, 1.82) is 0 Å². The van der Waals surface area contributed by atoms with Gasteiger partial charge >= 0.3 is 0 Å². The van der Waals surface area contributed by atoms with Gasteiger partial charge in [-0.25, -0.2) is 0 Å². The van der Waals surface area contributed by atoms with Crippen molar-refractivity contribution < 1.29 is 4.74 Å². The maximum Gasteiger partial charge on any atom is 0.0534 e. The van der Waals surface area contributed by atoms with Gasteiger partial charge in [-0.05, 0) is 30.5 Å². The van der Waals surface area contributed by atoms with Gasteiger partial charge in [0.2, 0.25) is 0 Å². The van der Waals surface area contributed by atoms with E-state index in [1.807, 2.05) is 12.1 Å². The van der Waals surface area contributed by atoms with Crippen LogP contribution in [0.2, 0.25) is 5.02 Å². The van der Waals surface area contributed by atoms with Crippen molar-refractivity contribution in [3.63, 3.8) is 0 Å². The topological polar surface area (TPSA) is 9.23 Å². The van der Waals surface area contributed by atoms with Crippen LogP contribution < -0.4 is 0 Å². The Morgan fingerprint density at radius 2 is 2.00 bits per heavy atom. The Balaban J connectivity index is 2.10. The van der Waals surface area contributed by atoms with Gasteiger partial charge in [-0.2, -0.15) is 0 Å². The smallest absolute Gasteiger partial charge is 0.0534 e. The summed E-state index contributed by atoms with van der Waals surface area (Å²) in [6.07, 6.45) is 2.41. The molecule has 0 radical (unpaired) electrons. The fraction of sp³-hybridized carbons (Fsp3) is 0.455. The van der Waals surface area contributed by atoms with E-state index in [4.69, 9.17) is 16.3 Å². The molecule has 0 N–H and O–H groups in total. The van der Waals surface area contributed by atoms with Crippen molar-refractivity contribution in [3.05, 3.63) is 34.9 Å². The quantitative estimate of drug-likeness (QED) is 0.670. The molecule has 0 aliphatic carbocycles. The lowest BCUT2D eigenvalue weighted by Crippen LogP contribution is -2.15. The van der Waals surface area contributed by atoms with Crippen LogP contribution in [0.4, 0.5) is 0 Å². The van der Waals surface area contributed by atoms with Crippen LogP contribution in [0.3, 0.4) is 0 Å². The van der Waals surface area contributed by atoms with E-state index in [0.29, 0.717) is 5.92 Å². The van der Waals surface area contributed by atoms with Gasteiger partial charge in [-0.1, -0.05) is 23.7 Å². The van der Waals surface area contributed by atoms with Crippen molar-refractivity contribution in [3.8, 4) is 0 Å². The minimum Gasteiger partial charge on any atom is -0.381 e. The van der Waals surface area contributed by atoms with Crippen molar-refractivity contribution in [2.75, 3.05) is 13.2 Å². The van der Waals surface area contributed by atoms with E-state index < -0.39 is 0 Å². The molecule has 1 saturated heterocycles. The van der Waals surface area contributed by atoms with Gasteiger partial charge in [-0.15, -0.1) is 0 Å². The fourth-order valence-corrected chi connectivity index (χ4v) is 1.86. The van der Waals surface area contributed by atoms with Crippen LogP contribution in [-0.2, 0) is 4.74 Å². The molecule has 1 aliphatic heterocycles. The second kappa shape index (κ2) is 4.12. The molecule has 1 aromatic carbocycles. The molecule has 1 nitrogen and oxygen atoms in total. The fourth-order valence-electron chi connectivity index (χ4n) is 1.74. The zero-order chi connectivity index (χ0) is 9.10. The minimum atomic E-state index is 0.575. The zero-order valence-electron chi connectivity index (χ0n) is 7.50. The molecule has 0 amide bonds. The Labute approximate surface area is 83.7 Å². The average Bonchev–Trinajstić information content (AvgIpc) is 2.20. The van der Waals surface area contributed by atoms with Crippen LogP contribution in [-0.4, -0.2) is 13.2 Å². The molecule has 1 heterocycles. The normalized spacial score (nSPS) is 23.0. The van der Waals surface area contributed by atoms with Gasteiger partial charge in [0.05, 0.1) is 6.61 Å². The summed E-state index contributed by atoms with van der Waals surface area (Å²) in [5.74, 6) is 0.575. The van der Waals surface area contributed by atoms with E-state index in [-0.39, 0.29) is 0 Å². The first-order chi connectivity index (χ1) is 6.36. The summed E-state index contributed by atoms with van der Waals surface area (Å²) >= 11 is 5.82. The summed E-state index contributed by atoms with van der Waals surface area (Å²) in [4.78, 5) is 0. The summed E-state index contributed by atoms with van der Waals surface area (Å²) in [7, 11) is 0. The Bertz CT molecular complexity index is 262. The maximum atomic E-state index is 5.82. The lowest BCUT2D eigenvalue weighted by atomic mass is 9.94. The number of ether oxygens (including phenoxy) is 1. The average molecular weight is 197 g/mol. The molecule has 1 aliphatic rings. The molecule has 0 saturated carbocycles. The Morgan fingerprint density at radius 3 is 2.62 bits per heavy atom. The number of benzene rings is 1.